The van der Waals surface area contributed by atoms with E-state index in [9.17, 15) is 4.79 Å². The van der Waals surface area contributed by atoms with Crippen LogP contribution in [0.5, 0.6) is 0 Å². The highest BCUT2D eigenvalue weighted by molar-refractivity contribution is 5.75. The molecule has 0 spiro atoms. The highest BCUT2D eigenvalue weighted by Gasteiger charge is 2.22. The Morgan fingerprint density at radius 1 is 0.852 bits per heavy atom. The fourth-order valence-electron chi connectivity index (χ4n) is 3.29. The van der Waals surface area contributed by atoms with Crippen LogP contribution in [0.1, 0.15) is 113 Å². The first-order valence-corrected chi connectivity index (χ1v) is 11.3. The fraction of sp³-hybridized carbons (Fsp3) is 0.880. The molecule has 0 aliphatic heterocycles. The predicted octanol–water partition coefficient (Wildman–Crippen LogP) is 7.96. The average Bonchev–Trinajstić information content (AvgIpc) is 2.53. The van der Waals surface area contributed by atoms with E-state index in [1.54, 1.807) is 0 Å². The Morgan fingerprint density at radius 3 is 1.81 bits per heavy atom. The maximum atomic E-state index is 11.7. The maximum Gasteiger partial charge on any atom is 0.311 e. The van der Waals surface area contributed by atoms with Crippen molar-refractivity contribution >= 4 is 5.97 Å². The van der Waals surface area contributed by atoms with Gasteiger partial charge >= 0.3 is 5.97 Å². The number of hydrogen-bond acceptors (Lipinski definition) is 2. The van der Waals surface area contributed by atoms with Crippen molar-refractivity contribution in [2.24, 2.45) is 23.2 Å². The second-order valence-corrected chi connectivity index (χ2v) is 10.3. The summed E-state index contributed by atoms with van der Waals surface area (Å²) in [6.45, 7) is 17.7. The van der Waals surface area contributed by atoms with Gasteiger partial charge in [0, 0.05) is 0 Å². The van der Waals surface area contributed by atoms with E-state index in [-0.39, 0.29) is 5.97 Å². The van der Waals surface area contributed by atoms with E-state index in [4.69, 9.17) is 4.74 Å². The summed E-state index contributed by atoms with van der Waals surface area (Å²) in [6, 6.07) is 0. The lowest BCUT2D eigenvalue weighted by Gasteiger charge is -2.16. The van der Waals surface area contributed by atoms with Crippen molar-refractivity contribution in [3.05, 3.63) is 11.6 Å². The zero-order chi connectivity index (χ0) is 20.9. The van der Waals surface area contributed by atoms with Crippen molar-refractivity contribution in [3.63, 3.8) is 0 Å². The van der Waals surface area contributed by atoms with Crippen LogP contribution in [-0.2, 0) is 9.53 Å². The molecular formula is C25H48O2. The van der Waals surface area contributed by atoms with Gasteiger partial charge in [0.15, 0.2) is 0 Å². The van der Waals surface area contributed by atoms with E-state index < -0.39 is 5.41 Å². The van der Waals surface area contributed by atoms with Gasteiger partial charge in [-0.2, -0.15) is 0 Å². The molecule has 0 aliphatic carbocycles. The van der Waals surface area contributed by atoms with Crippen molar-refractivity contribution in [1.82, 2.24) is 0 Å². The minimum Gasteiger partial charge on any atom is -0.461 e. The van der Waals surface area contributed by atoms with Crippen LogP contribution in [0.2, 0.25) is 0 Å². The van der Waals surface area contributed by atoms with Crippen LogP contribution < -0.4 is 0 Å². The van der Waals surface area contributed by atoms with Crippen LogP contribution in [0.4, 0.5) is 0 Å². The number of esters is 1. The minimum atomic E-state index is -0.414. The van der Waals surface area contributed by atoms with Crippen LogP contribution in [0.15, 0.2) is 11.6 Å². The maximum absolute atomic E-state index is 11.7. The largest absolute Gasteiger partial charge is 0.461 e. The smallest absolute Gasteiger partial charge is 0.311 e. The van der Waals surface area contributed by atoms with Gasteiger partial charge in [-0.15, -0.1) is 0 Å². The molecule has 0 amide bonds. The quantitative estimate of drug-likeness (QED) is 0.226. The van der Waals surface area contributed by atoms with Gasteiger partial charge in [-0.25, -0.2) is 0 Å². The summed E-state index contributed by atoms with van der Waals surface area (Å²) < 4.78 is 5.31. The Labute approximate surface area is 170 Å². The Hall–Kier alpha value is -0.790. The van der Waals surface area contributed by atoms with Crippen molar-refractivity contribution in [2.45, 2.75) is 113 Å². The summed E-state index contributed by atoms with van der Waals surface area (Å²) in [4.78, 5) is 11.7. The molecule has 0 aliphatic rings. The molecule has 2 nitrogen and oxygen atoms in total. The highest BCUT2D eigenvalue weighted by atomic mass is 16.5. The van der Waals surface area contributed by atoms with Gasteiger partial charge in [-0.05, 0) is 64.4 Å². The van der Waals surface area contributed by atoms with E-state index in [1.165, 1.54) is 56.9 Å². The topological polar surface area (TPSA) is 26.3 Å². The van der Waals surface area contributed by atoms with Gasteiger partial charge in [-0.1, -0.05) is 78.2 Å². The second-order valence-electron chi connectivity index (χ2n) is 10.3. The third-order valence-electron chi connectivity index (χ3n) is 5.40. The summed E-state index contributed by atoms with van der Waals surface area (Å²) in [5.41, 5.74) is 0.922. The Balaban J connectivity index is 3.76. The summed E-state index contributed by atoms with van der Waals surface area (Å²) in [5.74, 6) is 2.43. The first kappa shape index (κ1) is 26.2. The van der Waals surface area contributed by atoms with Crippen LogP contribution in [0.25, 0.3) is 0 Å². The molecule has 0 rings (SSSR count). The third-order valence-corrected chi connectivity index (χ3v) is 5.40. The van der Waals surface area contributed by atoms with Crippen LogP contribution in [-0.4, -0.2) is 12.6 Å². The normalized spacial score (nSPS) is 15.1. The van der Waals surface area contributed by atoms with Gasteiger partial charge in [-0.3, -0.25) is 4.79 Å². The lowest BCUT2D eigenvalue weighted by Crippen LogP contribution is -2.22. The van der Waals surface area contributed by atoms with Gasteiger partial charge in [0.05, 0.1) is 5.41 Å². The molecule has 0 aromatic carbocycles. The predicted molar refractivity (Wildman–Crippen MR) is 119 cm³/mol. The molecule has 27 heavy (non-hydrogen) atoms. The fourth-order valence-corrected chi connectivity index (χ4v) is 3.29. The first-order valence-electron chi connectivity index (χ1n) is 11.3. The van der Waals surface area contributed by atoms with E-state index in [0.717, 1.165) is 24.2 Å². The van der Waals surface area contributed by atoms with E-state index in [1.807, 2.05) is 20.8 Å². The van der Waals surface area contributed by atoms with Crippen LogP contribution in [0.3, 0.4) is 0 Å². The number of allylic oxidation sites excluding steroid dienone is 1. The molecule has 0 N–H and O–H groups in total. The Kier molecular flexibility index (Phi) is 13.8. The number of carbonyl (C=O) groups is 1. The standard InChI is InChI=1S/C25H48O2/c1-20(2)12-9-13-21(3)14-10-15-22(4)16-11-17-23(5)18-19-27-24(26)25(6,7)8/h18,20-22H,9-17,19H2,1-8H3. The first-order chi connectivity index (χ1) is 12.5. The number of hydrogen-bond donors (Lipinski definition) is 0. The number of carbonyl (C=O) groups excluding carboxylic acids is 1. The zero-order valence-electron chi connectivity index (χ0n) is 19.7. The molecule has 2 atom stereocenters. The molecule has 160 valence electrons. The number of ether oxygens (including phenoxy) is 1. The molecule has 0 aromatic rings. The third kappa shape index (κ3) is 15.9. The molecular weight excluding hydrogens is 332 g/mol. The summed E-state index contributed by atoms with van der Waals surface area (Å²) in [5, 5.41) is 0. The summed E-state index contributed by atoms with van der Waals surface area (Å²) >= 11 is 0. The van der Waals surface area contributed by atoms with Gasteiger partial charge in [0.25, 0.3) is 0 Å². The van der Waals surface area contributed by atoms with Crippen molar-refractivity contribution in [1.29, 1.82) is 0 Å². The van der Waals surface area contributed by atoms with Gasteiger partial charge in [0.1, 0.15) is 6.61 Å². The number of rotatable bonds is 14. The average molecular weight is 381 g/mol. The van der Waals surface area contributed by atoms with Crippen molar-refractivity contribution in [2.75, 3.05) is 6.61 Å². The molecule has 0 radical (unpaired) electrons. The molecule has 0 fully saturated rings. The highest BCUT2D eigenvalue weighted by Crippen LogP contribution is 2.22. The second kappa shape index (κ2) is 14.2. The Bertz CT molecular complexity index is 415. The monoisotopic (exact) mass is 380 g/mol. The van der Waals surface area contributed by atoms with E-state index in [0.29, 0.717) is 6.61 Å². The summed E-state index contributed by atoms with van der Waals surface area (Å²) in [7, 11) is 0. The van der Waals surface area contributed by atoms with Crippen molar-refractivity contribution < 1.29 is 9.53 Å². The molecule has 0 saturated carbocycles. The van der Waals surface area contributed by atoms with Crippen molar-refractivity contribution in [3.8, 4) is 0 Å². The molecule has 0 saturated heterocycles. The van der Waals surface area contributed by atoms with E-state index in [2.05, 4.69) is 40.7 Å². The molecule has 0 aromatic heterocycles. The lowest BCUT2D eigenvalue weighted by atomic mass is 9.91. The lowest BCUT2D eigenvalue weighted by molar-refractivity contribution is -0.151. The molecule has 0 heterocycles. The van der Waals surface area contributed by atoms with Gasteiger partial charge in [0.2, 0.25) is 0 Å². The van der Waals surface area contributed by atoms with Gasteiger partial charge < -0.3 is 4.74 Å². The zero-order valence-corrected chi connectivity index (χ0v) is 19.7. The molecule has 2 heteroatoms. The van der Waals surface area contributed by atoms with E-state index >= 15 is 0 Å². The molecule has 0 bridgehead atoms. The van der Waals surface area contributed by atoms with Crippen LogP contribution >= 0.6 is 0 Å². The van der Waals surface area contributed by atoms with Crippen LogP contribution in [0, 0.1) is 23.2 Å². The molecule has 2 unspecified atom stereocenters. The minimum absolute atomic E-state index is 0.126. The Morgan fingerprint density at radius 2 is 1.33 bits per heavy atom. The SMILES string of the molecule is CC(=CCOC(=O)C(C)(C)C)CCCC(C)CCCC(C)CCCC(C)C. The summed E-state index contributed by atoms with van der Waals surface area (Å²) in [6.07, 6.45) is 14.0.